The van der Waals surface area contributed by atoms with Gasteiger partial charge in [0.15, 0.2) is 11.2 Å². The Morgan fingerprint density at radius 1 is 1.40 bits per heavy atom. The normalized spacial score (nSPS) is 17.8. The third-order valence-corrected chi connectivity index (χ3v) is 4.86. The van der Waals surface area contributed by atoms with Crippen LogP contribution in [0.25, 0.3) is 16.9 Å². The van der Waals surface area contributed by atoms with E-state index in [-0.39, 0.29) is 23.9 Å². The smallest absolute Gasteiger partial charge is 0.332 e. The molecule has 1 fully saturated rings. The Labute approximate surface area is 143 Å². The Balaban J connectivity index is 2.00. The van der Waals surface area contributed by atoms with Crippen LogP contribution in [0.5, 0.6) is 0 Å². The van der Waals surface area contributed by atoms with Crippen molar-refractivity contribution in [3.8, 4) is 0 Å². The summed E-state index contributed by atoms with van der Waals surface area (Å²) in [6, 6.07) is 0. The highest BCUT2D eigenvalue weighted by Crippen LogP contribution is 2.20. The average Bonchev–Trinajstić information content (AvgIpc) is 3.28. The van der Waals surface area contributed by atoms with Gasteiger partial charge in [0.25, 0.3) is 5.56 Å². The summed E-state index contributed by atoms with van der Waals surface area (Å²) in [6.45, 7) is 7.27. The van der Waals surface area contributed by atoms with Gasteiger partial charge in [0.2, 0.25) is 5.78 Å². The molecule has 4 heterocycles. The predicted molar refractivity (Wildman–Crippen MR) is 94.1 cm³/mol. The van der Waals surface area contributed by atoms with Crippen LogP contribution in [0.1, 0.15) is 18.5 Å². The number of hydrogen-bond donors (Lipinski definition) is 0. The topological polar surface area (TPSA) is 75.5 Å². The zero-order valence-electron chi connectivity index (χ0n) is 14.4. The van der Waals surface area contributed by atoms with E-state index in [0.717, 1.165) is 25.1 Å². The van der Waals surface area contributed by atoms with E-state index in [0.29, 0.717) is 23.5 Å². The molecule has 0 aliphatic carbocycles. The van der Waals surface area contributed by atoms with E-state index in [1.165, 1.54) is 9.13 Å². The minimum absolute atomic E-state index is 0.163. The third-order valence-electron chi connectivity index (χ3n) is 4.86. The quantitative estimate of drug-likeness (QED) is 0.658. The minimum atomic E-state index is -0.388. The lowest BCUT2D eigenvalue weighted by atomic mass is 10.2. The number of imidazole rings is 2. The second kappa shape index (κ2) is 5.73. The number of hydrogen-bond acceptors (Lipinski definition) is 4. The zero-order chi connectivity index (χ0) is 17.7. The highest BCUT2D eigenvalue weighted by Gasteiger charge is 2.22. The first-order chi connectivity index (χ1) is 12.0. The van der Waals surface area contributed by atoms with Crippen LogP contribution < -0.4 is 11.2 Å². The third kappa shape index (κ3) is 2.28. The standard InChI is InChI=1S/C17H21N5O3/c1-4-7-20-15(23)13-14(19(3)17(20)24)18-16-21(11(2)9-22(13)16)10-12-6-5-8-25-12/h4,9,12H,1,5-8,10H2,2-3H3/t12-/m0/s1. The maximum absolute atomic E-state index is 12.8. The molecule has 0 saturated carbocycles. The van der Waals surface area contributed by atoms with Gasteiger partial charge < -0.3 is 9.30 Å². The molecule has 25 heavy (non-hydrogen) atoms. The number of aryl methyl sites for hydroxylation is 2. The van der Waals surface area contributed by atoms with Crippen molar-refractivity contribution in [1.82, 2.24) is 23.1 Å². The molecule has 1 aliphatic heterocycles. The van der Waals surface area contributed by atoms with Crippen molar-refractivity contribution in [2.75, 3.05) is 6.61 Å². The van der Waals surface area contributed by atoms with Gasteiger partial charge in [0, 0.05) is 32.1 Å². The summed E-state index contributed by atoms with van der Waals surface area (Å²) in [7, 11) is 1.63. The Morgan fingerprint density at radius 3 is 2.88 bits per heavy atom. The van der Waals surface area contributed by atoms with Crippen LogP contribution in [0.15, 0.2) is 28.4 Å². The van der Waals surface area contributed by atoms with Crippen molar-refractivity contribution in [2.24, 2.45) is 7.05 Å². The molecule has 1 atom stereocenters. The highest BCUT2D eigenvalue weighted by atomic mass is 16.5. The fourth-order valence-electron chi connectivity index (χ4n) is 3.56. The van der Waals surface area contributed by atoms with Gasteiger partial charge in [-0.2, -0.15) is 4.98 Å². The van der Waals surface area contributed by atoms with E-state index in [4.69, 9.17) is 4.74 Å². The van der Waals surface area contributed by atoms with E-state index in [1.54, 1.807) is 17.5 Å². The molecule has 3 aromatic heterocycles. The van der Waals surface area contributed by atoms with Gasteiger partial charge in [0.1, 0.15) is 0 Å². The van der Waals surface area contributed by atoms with Crippen LogP contribution >= 0.6 is 0 Å². The Bertz CT molecular complexity index is 1090. The Kier molecular flexibility index (Phi) is 3.64. The summed E-state index contributed by atoms with van der Waals surface area (Å²) in [5.41, 5.74) is 1.07. The van der Waals surface area contributed by atoms with Gasteiger partial charge in [-0.15, -0.1) is 6.58 Å². The van der Waals surface area contributed by atoms with Crippen molar-refractivity contribution in [3.63, 3.8) is 0 Å². The fraction of sp³-hybridized carbons (Fsp3) is 0.471. The lowest BCUT2D eigenvalue weighted by Crippen LogP contribution is -2.39. The summed E-state index contributed by atoms with van der Waals surface area (Å²) < 4.78 is 12.2. The van der Waals surface area contributed by atoms with E-state index in [1.807, 2.05) is 13.1 Å². The predicted octanol–water partition coefficient (Wildman–Crippen LogP) is 0.823. The SMILES string of the molecule is C=CCn1c(=O)c2c(nc3n(C[C@@H]4CCCO4)c(C)cn23)n(C)c1=O. The highest BCUT2D eigenvalue weighted by molar-refractivity contribution is 5.75. The molecule has 8 nitrogen and oxygen atoms in total. The second-order valence-electron chi connectivity index (χ2n) is 6.52. The molecule has 0 aromatic carbocycles. The zero-order valence-corrected chi connectivity index (χ0v) is 14.4. The van der Waals surface area contributed by atoms with Crippen LogP contribution in [0.2, 0.25) is 0 Å². The lowest BCUT2D eigenvalue weighted by molar-refractivity contribution is 0.0974. The molecule has 0 radical (unpaired) electrons. The van der Waals surface area contributed by atoms with Crippen molar-refractivity contribution >= 4 is 16.9 Å². The molecule has 1 saturated heterocycles. The Morgan fingerprint density at radius 2 is 2.20 bits per heavy atom. The van der Waals surface area contributed by atoms with E-state index in [2.05, 4.69) is 16.1 Å². The van der Waals surface area contributed by atoms with Gasteiger partial charge >= 0.3 is 5.69 Å². The molecule has 0 bridgehead atoms. The van der Waals surface area contributed by atoms with Crippen molar-refractivity contribution < 1.29 is 4.74 Å². The van der Waals surface area contributed by atoms with Crippen LogP contribution in [-0.4, -0.2) is 35.8 Å². The van der Waals surface area contributed by atoms with Crippen LogP contribution in [0, 0.1) is 6.92 Å². The number of ether oxygens (including phenoxy) is 1. The molecule has 0 unspecified atom stereocenters. The monoisotopic (exact) mass is 343 g/mol. The summed E-state index contributed by atoms with van der Waals surface area (Å²) in [6.07, 6.45) is 5.69. The van der Waals surface area contributed by atoms with Gasteiger partial charge in [-0.1, -0.05) is 6.08 Å². The summed E-state index contributed by atoms with van der Waals surface area (Å²) in [5, 5.41) is 0. The fourth-order valence-corrected chi connectivity index (χ4v) is 3.56. The number of allylic oxidation sites excluding steroid dienone is 1. The first-order valence-corrected chi connectivity index (χ1v) is 8.43. The summed E-state index contributed by atoms with van der Waals surface area (Å²) in [5.74, 6) is 0.659. The van der Waals surface area contributed by atoms with Crippen molar-refractivity contribution in [1.29, 1.82) is 0 Å². The first-order valence-electron chi connectivity index (χ1n) is 8.43. The molecule has 0 amide bonds. The van der Waals surface area contributed by atoms with Crippen LogP contribution in [0.3, 0.4) is 0 Å². The Hall–Kier alpha value is -2.61. The summed E-state index contributed by atoms with van der Waals surface area (Å²) in [4.78, 5) is 29.9. The van der Waals surface area contributed by atoms with Crippen LogP contribution in [0.4, 0.5) is 0 Å². The number of fused-ring (bicyclic) bond motifs is 3. The van der Waals surface area contributed by atoms with E-state index < -0.39 is 0 Å². The van der Waals surface area contributed by atoms with Crippen LogP contribution in [-0.2, 0) is 24.9 Å². The molecule has 0 spiro atoms. The lowest BCUT2D eigenvalue weighted by Gasteiger charge is -2.11. The molecule has 0 N–H and O–H groups in total. The number of rotatable bonds is 4. The molecule has 1 aliphatic rings. The maximum Gasteiger partial charge on any atom is 0.332 e. The molecule has 132 valence electrons. The van der Waals surface area contributed by atoms with Gasteiger partial charge in [-0.3, -0.25) is 18.3 Å². The summed E-state index contributed by atoms with van der Waals surface area (Å²) >= 11 is 0. The maximum atomic E-state index is 12.8. The van der Waals surface area contributed by atoms with Gasteiger partial charge in [0.05, 0.1) is 12.6 Å². The number of aromatic nitrogens is 5. The average molecular weight is 343 g/mol. The van der Waals surface area contributed by atoms with Crippen molar-refractivity contribution in [3.05, 3.63) is 45.4 Å². The minimum Gasteiger partial charge on any atom is -0.376 e. The largest absolute Gasteiger partial charge is 0.376 e. The van der Waals surface area contributed by atoms with Gasteiger partial charge in [-0.05, 0) is 19.8 Å². The first kappa shape index (κ1) is 15.9. The van der Waals surface area contributed by atoms with E-state index in [9.17, 15) is 9.59 Å². The number of nitrogens with zero attached hydrogens (tertiary/aromatic N) is 5. The molecule has 4 rings (SSSR count). The molecular formula is C17H21N5O3. The van der Waals surface area contributed by atoms with Crippen molar-refractivity contribution in [2.45, 2.75) is 39.0 Å². The van der Waals surface area contributed by atoms with E-state index >= 15 is 0 Å². The molecule has 3 aromatic rings. The van der Waals surface area contributed by atoms with Gasteiger partial charge in [-0.25, -0.2) is 4.79 Å². The molecule has 8 heteroatoms. The second-order valence-corrected chi connectivity index (χ2v) is 6.52. The molecular weight excluding hydrogens is 322 g/mol.